The first-order valence-electron chi connectivity index (χ1n) is 8.52. The fraction of sp³-hybridized carbons (Fsp3) is 0.238. The lowest BCUT2D eigenvalue weighted by molar-refractivity contribution is -0.137. The van der Waals surface area contributed by atoms with Crippen molar-refractivity contribution in [3.8, 4) is 0 Å². The van der Waals surface area contributed by atoms with E-state index in [2.05, 4.69) is 5.32 Å². The fourth-order valence-corrected chi connectivity index (χ4v) is 2.91. The van der Waals surface area contributed by atoms with Gasteiger partial charge in [0, 0.05) is 12.8 Å². The number of hydrogen-bond donors (Lipinski definition) is 1. The van der Waals surface area contributed by atoms with Crippen molar-refractivity contribution in [2.24, 2.45) is 0 Å². The lowest BCUT2D eigenvalue weighted by Gasteiger charge is -2.15. The van der Waals surface area contributed by atoms with E-state index in [1.807, 2.05) is 62.4 Å². The minimum atomic E-state index is -0.328. The van der Waals surface area contributed by atoms with Gasteiger partial charge in [0.2, 0.25) is 0 Å². The molecule has 3 rings (SSSR count). The molecule has 2 aromatic rings. The highest BCUT2D eigenvalue weighted by Gasteiger charge is 2.39. The van der Waals surface area contributed by atoms with Gasteiger partial charge in [-0.3, -0.25) is 14.5 Å². The van der Waals surface area contributed by atoms with E-state index in [1.54, 1.807) is 7.11 Å². The number of nitrogens with zero attached hydrogens (tertiary/aromatic N) is 1. The summed E-state index contributed by atoms with van der Waals surface area (Å²) in [4.78, 5) is 27.1. The van der Waals surface area contributed by atoms with E-state index in [0.29, 0.717) is 17.9 Å². The van der Waals surface area contributed by atoms with Gasteiger partial charge in [-0.15, -0.1) is 0 Å². The van der Waals surface area contributed by atoms with Crippen molar-refractivity contribution in [3.63, 3.8) is 0 Å². The highest BCUT2D eigenvalue weighted by atomic mass is 16.5. The second-order valence-electron chi connectivity index (χ2n) is 6.31. The van der Waals surface area contributed by atoms with Crippen LogP contribution < -0.4 is 5.32 Å². The molecule has 2 aromatic carbocycles. The zero-order valence-electron chi connectivity index (χ0n) is 15.2. The van der Waals surface area contributed by atoms with Crippen LogP contribution in [0.15, 0.2) is 54.2 Å². The van der Waals surface area contributed by atoms with Crippen molar-refractivity contribution in [3.05, 3.63) is 70.9 Å². The molecule has 0 atom stereocenters. The van der Waals surface area contributed by atoms with Crippen LogP contribution in [-0.4, -0.2) is 37.0 Å². The van der Waals surface area contributed by atoms with Gasteiger partial charge in [0.25, 0.3) is 11.8 Å². The average Bonchev–Trinajstić information content (AvgIpc) is 2.86. The molecule has 2 amide bonds. The number of imide groups is 1. The normalized spacial score (nSPS) is 14.3. The smallest absolute Gasteiger partial charge is 0.278 e. The largest absolute Gasteiger partial charge is 0.383 e. The van der Waals surface area contributed by atoms with Gasteiger partial charge in [-0.05, 0) is 31.0 Å². The predicted molar refractivity (Wildman–Crippen MR) is 101 cm³/mol. The predicted octanol–water partition coefficient (Wildman–Crippen LogP) is 3.14. The van der Waals surface area contributed by atoms with Crippen molar-refractivity contribution in [1.82, 2.24) is 4.90 Å². The highest BCUT2D eigenvalue weighted by molar-refractivity contribution is 6.36. The second-order valence-corrected chi connectivity index (χ2v) is 6.31. The van der Waals surface area contributed by atoms with Crippen molar-refractivity contribution in [1.29, 1.82) is 0 Å². The molecule has 5 heteroatoms. The fourth-order valence-electron chi connectivity index (χ4n) is 2.91. The van der Waals surface area contributed by atoms with Crippen LogP contribution in [0, 0.1) is 13.8 Å². The summed E-state index contributed by atoms with van der Waals surface area (Å²) in [5.74, 6) is -0.627. The third-order valence-electron chi connectivity index (χ3n) is 4.43. The van der Waals surface area contributed by atoms with E-state index in [0.717, 1.165) is 22.4 Å². The Bertz CT molecular complexity index is 869. The Kier molecular flexibility index (Phi) is 5.19. The molecule has 5 nitrogen and oxygen atoms in total. The Hall–Kier alpha value is -2.92. The number of hydrogen-bond acceptors (Lipinski definition) is 4. The zero-order chi connectivity index (χ0) is 18.7. The minimum absolute atomic E-state index is 0.225. The number of benzene rings is 2. The molecular formula is C21H22N2O3. The van der Waals surface area contributed by atoms with Gasteiger partial charge in [-0.1, -0.05) is 48.0 Å². The van der Waals surface area contributed by atoms with Crippen molar-refractivity contribution in [2.75, 3.05) is 25.6 Å². The van der Waals surface area contributed by atoms with Crippen LogP contribution in [0.3, 0.4) is 0 Å². The topological polar surface area (TPSA) is 58.6 Å². The van der Waals surface area contributed by atoms with Crippen LogP contribution in [0.5, 0.6) is 0 Å². The summed E-state index contributed by atoms with van der Waals surface area (Å²) in [6, 6.07) is 15.3. The number of carbonyl (C=O) groups is 2. The molecule has 1 aliphatic heterocycles. The lowest BCUT2D eigenvalue weighted by Crippen LogP contribution is -2.35. The van der Waals surface area contributed by atoms with E-state index in [9.17, 15) is 9.59 Å². The summed E-state index contributed by atoms with van der Waals surface area (Å²) in [6.45, 7) is 4.47. The molecule has 26 heavy (non-hydrogen) atoms. The Balaban J connectivity index is 2.05. The van der Waals surface area contributed by atoms with Gasteiger partial charge < -0.3 is 10.1 Å². The first-order chi connectivity index (χ1) is 12.5. The molecule has 134 valence electrons. The summed E-state index contributed by atoms with van der Waals surface area (Å²) < 4.78 is 5.04. The SMILES string of the molecule is COCCN1C(=O)C(Nc2ccccc2C)=C(c2ccc(C)cc2)C1=O. The maximum absolute atomic E-state index is 12.9. The number of para-hydroxylation sites is 1. The molecule has 1 aliphatic rings. The Morgan fingerprint density at radius 3 is 2.31 bits per heavy atom. The number of aryl methyl sites for hydroxylation is 2. The number of nitrogens with one attached hydrogen (secondary N) is 1. The second kappa shape index (κ2) is 7.54. The number of anilines is 1. The molecule has 0 aromatic heterocycles. The molecule has 0 saturated heterocycles. The number of carbonyl (C=O) groups excluding carboxylic acids is 2. The molecule has 1 N–H and O–H groups in total. The molecular weight excluding hydrogens is 328 g/mol. The summed E-state index contributed by atoms with van der Waals surface area (Å²) in [5.41, 5.74) is 4.33. The monoisotopic (exact) mass is 350 g/mol. The van der Waals surface area contributed by atoms with Crippen LogP contribution in [0.1, 0.15) is 16.7 Å². The van der Waals surface area contributed by atoms with Gasteiger partial charge >= 0.3 is 0 Å². The zero-order valence-corrected chi connectivity index (χ0v) is 15.2. The van der Waals surface area contributed by atoms with Crippen LogP contribution >= 0.6 is 0 Å². The molecule has 0 unspecified atom stereocenters. The summed E-state index contributed by atoms with van der Waals surface area (Å²) in [7, 11) is 1.55. The number of amides is 2. The van der Waals surface area contributed by atoms with Gasteiger partial charge in [-0.2, -0.15) is 0 Å². The minimum Gasteiger partial charge on any atom is -0.383 e. The standard InChI is InChI=1S/C21H22N2O3/c1-14-8-10-16(11-9-14)18-19(22-17-7-5-4-6-15(17)2)21(25)23(20(18)24)12-13-26-3/h4-11,22H,12-13H2,1-3H3. The summed E-state index contributed by atoms with van der Waals surface area (Å²) >= 11 is 0. The third kappa shape index (κ3) is 3.39. The van der Waals surface area contributed by atoms with Gasteiger partial charge in [0.1, 0.15) is 5.70 Å². The Labute approximate surface area is 153 Å². The van der Waals surface area contributed by atoms with Crippen LogP contribution in [0.25, 0.3) is 5.57 Å². The molecule has 0 radical (unpaired) electrons. The maximum atomic E-state index is 12.9. The quantitative estimate of drug-likeness (QED) is 0.813. The Morgan fingerprint density at radius 2 is 1.65 bits per heavy atom. The summed E-state index contributed by atoms with van der Waals surface area (Å²) in [6.07, 6.45) is 0. The molecule has 0 bridgehead atoms. The molecule has 0 fully saturated rings. The van der Waals surface area contributed by atoms with Crippen molar-refractivity contribution in [2.45, 2.75) is 13.8 Å². The summed E-state index contributed by atoms with van der Waals surface area (Å²) in [5, 5.41) is 3.19. The Morgan fingerprint density at radius 1 is 0.962 bits per heavy atom. The average molecular weight is 350 g/mol. The number of methoxy groups -OCH3 is 1. The lowest BCUT2D eigenvalue weighted by atomic mass is 10.0. The highest BCUT2D eigenvalue weighted by Crippen LogP contribution is 2.31. The molecule has 0 saturated carbocycles. The van der Waals surface area contributed by atoms with Crippen molar-refractivity contribution >= 4 is 23.1 Å². The van der Waals surface area contributed by atoms with E-state index in [4.69, 9.17) is 4.74 Å². The number of rotatable bonds is 6. The van der Waals surface area contributed by atoms with E-state index in [1.165, 1.54) is 4.90 Å². The van der Waals surface area contributed by atoms with Crippen LogP contribution in [0.2, 0.25) is 0 Å². The maximum Gasteiger partial charge on any atom is 0.278 e. The first kappa shape index (κ1) is 17.9. The van der Waals surface area contributed by atoms with E-state index < -0.39 is 0 Å². The van der Waals surface area contributed by atoms with E-state index >= 15 is 0 Å². The number of ether oxygens (including phenoxy) is 1. The first-order valence-corrected chi connectivity index (χ1v) is 8.52. The molecule has 0 spiro atoms. The van der Waals surface area contributed by atoms with Crippen LogP contribution in [-0.2, 0) is 14.3 Å². The molecule has 0 aliphatic carbocycles. The third-order valence-corrected chi connectivity index (χ3v) is 4.43. The van der Waals surface area contributed by atoms with Gasteiger partial charge in [-0.25, -0.2) is 0 Å². The van der Waals surface area contributed by atoms with E-state index in [-0.39, 0.29) is 18.4 Å². The van der Waals surface area contributed by atoms with Crippen LogP contribution in [0.4, 0.5) is 5.69 Å². The molecule has 1 heterocycles. The van der Waals surface area contributed by atoms with Crippen molar-refractivity contribution < 1.29 is 14.3 Å². The van der Waals surface area contributed by atoms with Gasteiger partial charge in [0.05, 0.1) is 18.7 Å². The van der Waals surface area contributed by atoms with Gasteiger partial charge in [0.15, 0.2) is 0 Å².